The van der Waals surface area contributed by atoms with Crippen LogP contribution in [0.3, 0.4) is 0 Å². The quantitative estimate of drug-likeness (QED) is 0.760. The van der Waals surface area contributed by atoms with Crippen LogP contribution in [-0.2, 0) is 17.6 Å². The summed E-state index contributed by atoms with van der Waals surface area (Å²) in [6.45, 7) is 0. The molecule has 0 radical (unpaired) electrons. The van der Waals surface area contributed by atoms with Gasteiger partial charge >= 0.3 is 0 Å². The van der Waals surface area contributed by atoms with Crippen LogP contribution >= 0.6 is 11.3 Å². The summed E-state index contributed by atoms with van der Waals surface area (Å²) in [5.74, 6) is 0.161. The fourth-order valence-corrected chi connectivity index (χ4v) is 2.80. The van der Waals surface area contributed by atoms with Gasteiger partial charge in [-0.3, -0.25) is 9.89 Å². The van der Waals surface area contributed by atoms with E-state index in [2.05, 4.69) is 20.5 Å². The lowest BCUT2D eigenvalue weighted by molar-refractivity contribution is -0.115. The molecule has 0 fully saturated rings. The number of nitrogens with one attached hydrogen (secondary N) is 2. The van der Waals surface area contributed by atoms with E-state index in [1.807, 2.05) is 5.38 Å². The maximum absolute atomic E-state index is 12.9. The molecule has 2 N–H and O–H groups in total. The van der Waals surface area contributed by atoms with Crippen LogP contribution in [0, 0.1) is 5.82 Å². The van der Waals surface area contributed by atoms with Gasteiger partial charge in [-0.1, -0.05) is 12.1 Å². The van der Waals surface area contributed by atoms with Crippen LogP contribution in [0.25, 0.3) is 0 Å². The minimum atomic E-state index is -0.251. The van der Waals surface area contributed by atoms with Crippen molar-refractivity contribution >= 4 is 23.1 Å². The van der Waals surface area contributed by atoms with Gasteiger partial charge in [-0.15, -0.1) is 11.3 Å². The summed E-state index contributed by atoms with van der Waals surface area (Å²) in [5.41, 5.74) is 1.71. The molecule has 0 saturated heterocycles. The van der Waals surface area contributed by atoms with Crippen LogP contribution < -0.4 is 5.32 Å². The summed E-state index contributed by atoms with van der Waals surface area (Å²) < 4.78 is 12.9. The van der Waals surface area contributed by atoms with Gasteiger partial charge in [-0.2, -0.15) is 5.10 Å². The van der Waals surface area contributed by atoms with E-state index >= 15 is 0 Å². The topological polar surface area (TPSA) is 70.7 Å². The third kappa shape index (κ3) is 3.76. The highest BCUT2D eigenvalue weighted by Crippen LogP contribution is 2.16. The van der Waals surface area contributed by atoms with Crippen LogP contribution in [0.15, 0.2) is 41.9 Å². The number of thiazole rings is 1. The van der Waals surface area contributed by atoms with Crippen molar-refractivity contribution in [3.63, 3.8) is 0 Å². The van der Waals surface area contributed by atoms with Gasteiger partial charge in [0.15, 0.2) is 0 Å². The van der Waals surface area contributed by atoms with Crippen molar-refractivity contribution < 1.29 is 9.18 Å². The number of H-pyrrole nitrogens is 1. The highest BCUT2D eigenvalue weighted by molar-refractivity contribution is 7.09. The summed E-state index contributed by atoms with van der Waals surface area (Å²) in [7, 11) is 0. The van der Waals surface area contributed by atoms with Gasteiger partial charge in [-0.25, -0.2) is 9.37 Å². The third-order valence-electron chi connectivity index (χ3n) is 2.98. The Kier molecular flexibility index (Phi) is 4.24. The lowest BCUT2D eigenvalue weighted by atomic mass is 10.1. The first-order chi connectivity index (χ1) is 10.7. The molecular formula is C15H13FN4OS. The number of rotatable bonds is 5. The molecule has 0 aliphatic carbocycles. The largest absolute Gasteiger partial charge is 0.311 e. The van der Waals surface area contributed by atoms with Gasteiger partial charge in [0.25, 0.3) is 0 Å². The Morgan fingerprint density at radius 1 is 1.27 bits per heavy atom. The molecule has 2 aromatic heterocycles. The molecular weight excluding hydrogens is 303 g/mol. The van der Waals surface area contributed by atoms with Crippen LogP contribution in [0.1, 0.15) is 16.3 Å². The average molecular weight is 316 g/mol. The molecule has 0 bridgehead atoms. The predicted octanol–water partition coefficient (Wildman–Crippen LogP) is 2.78. The third-order valence-corrected chi connectivity index (χ3v) is 3.88. The first kappa shape index (κ1) is 14.4. The molecule has 0 aliphatic rings. The van der Waals surface area contributed by atoms with E-state index in [4.69, 9.17) is 0 Å². The van der Waals surface area contributed by atoms with Gasteiger partial charge in [0.2, 0.25) is 5.91 Å². The van der Waals surface area contributed by atoms with E-state index in [0.717, 1.165) is 16.3 Å². The van der Waals surface area contributed by atoms with Crippen LogP contribution in [0.2, 0.25) is 0 Å². The van der Waals surface area contributed by atoms with E-state index in [0.29, 0.717) is 12.2 Å². The number of nitrogens with zero attached hydrogens (tertiary/aromatic N) is 2. The summed E-state index contributed by atoms with van der Waals surface area (Å²) in [4.78, 5) is 16.3. The lowest BCUT2D eigenvalue weighted by Gasteiger charge is -2.00. The number of carbonyl (C=O) groups excluding carboxylic acids is 1. The van der Waals surface area contributed by atoms with Crippen molar-refractivity contribution in [2.45, 2.75) is 12.8 Å². The molecule has 112 valence electrons. The summed E-state index contributed by atoms with van der Waals surface area (Å²) >= 11 is 1.49. The highest BCUT2D eigenvalue weighted by atomic mass is 32.1. The van der Waals surface area contributed by atoms with Gasteiger partial charge in [-0.05, 0) is 17.7 Å². The molecule has 0 atom stereocenters. The number of benzene rings is 1. The number of amides is 1. The molecule has 0 aliphatic heterocycles. The fraction of sp³-hybridized carbons (Fsp3) is 0.133. The summed E-state index contributed by atoms with van der Waals surface area (Å²) in [6.07, 6.45) is 2.41. The minimum absolute atomic E-state index is 0.150. The molecule has 22 heavy (non-hydrogen) atoms. The first-order valence-corrected chi connectivity index (χ1v) is 7.54. The van der Waals surface area contributed by atoms with E-state index in [1.165, 1.54) is 23.5 Å². The van der Waals surface area contributed by atoms with Crippen molar-refractivity contribution in [1.29, 1.82) is 0 Å². The van der Waals surface area contributed by atoms with Crippen LogP contribution in [-0.4, -0.2) is 21.1 Å². The molecule has 5 nitrogen and oxygen atoms in total. The normalized spacial score (nSPS) is 10.6. The Morgan fingerprint density at radius 2 is 2.09 bits per heavy atom. The fourth-order valence-electron chi connectivity index (χ4n) is 1.97. The van der Waals surface area contributed by atoms with Gasteiger partial charge in [0, 0.05) is 17.9 Å². The molecule has 1 aromatic carbocycles. The van der Waals surface area contributed by atoms with Crippen molar-refractivity contribution in [3.05, 3.63) is 64.0 Å². The Labute approximate surface area is 130 Å². The minimum Gasteiger partial charge on any atom is -0.311 e. The SMILES string of the molecule is O=C(Cc1csc(Cc2ccc(F)cc2)n1)Nc1ccn[nH]1. The monoisotopic (exact) mass is 316 g/mol. The zero-order valence-corrected chi connectivity index (χ0v) is 12.4. The zero-order chi connectivity index (χ0) is 15.4. The smallest absolute Gasteiger partial charge is 0.231 e. The molecule has 3 rings (SSSR count). The lowest BCUT2D eigenvalue weighted by Crippen LogP contribution is -2.14. The van der Waals surface area contributed by atoms with Crippen LogP contribution in [0.5, 0.6) is 0 Å². The molecule has 2 heterocycles. The Hall–Kier alpha value is -2.54. The summed E-state index contributed by atoms with van der Waals surface area (Å²) in [5, 5.41) is 11.9. The standard InChI is InChI=1S/C15H13FN4OS/c16-11-3-1-10(2-4-11)7-15-18-12(9-22-15)8-14(21)19-13-5-6-17-20-13/h1-6,9H,7-8H2,(H2,17,19,20,21). The van der Waals surface area contributed by atoms with Crippen molar-refractivity contribution in [2.75, 3.05) is 5.32 Å². The van der Waals surface area contributed by atoms with Gasteiger partial charge in [0.05, 0.1) is 23.3 Å². The molecule has 0 spiro atoms. The maximum atomic E-state index is 12.9. The van der Waals surface area contributed by atoms with E-state index in [1.54, 1.807) is 24.4 Å². The molecule has 0 saturated carbocycles. The number of anilines is 1. The van der Waals surface area contributed by atoms with E-state index < -0.39 is 0 Å². The first-order valence-electron chi connectivity index (χ1n) is 6.66. The van der Waals surface area contributed by atoms with Gasteiger partial charge in [0.1, 0.15) is 11.6 Å². The predicted molar refractivity (Wildman–Crippen MR) is 82.2 cm³/mol. The number of carbonyl (C=O) groups is 1. The van der Waals surface area contributed by atoms with Crippen molar-refractivity contribution in [3.8, 4) is 0 Å². The average Bonchev–Trinajstić information content (AvgIpc) is 3.14. The molecule has 1 amide bonds. The second-order valence-corrected chi connectivity index (χ2v) is 5.67. The van der Waals surface area contributed by atoms with Crippen molar-refractivity contribution in [2.24, 2.45) is 0 Å². The number of aromatic amines is 1. The molecule has 7 heteroatoms. The second kappa shape index (κ2) is 6.48. The number of hydrogen-bond acceptors (Lipinski definition) is 4. The van der Waals surface area contributed by atoms with E-state index in [-0.39, 0.29) is 18.1 Å². The summed E-state index contributed by atoms with van der Waals surface area (Å²) in [6, 6.07) is 8.02. The second-order valence-electron chi connectivity index (χ2n) is 4.73. The van der Waals surface area contributed by atoms with Crippen molar-refractivity contribution in [1.82, 2.24) is 15.2 Å². The Morgan fingerprint density at radius 3 is 2.82 bits per heavy atom. The maximum Gasteiger partial charge on any atom is 0.231 e. The van der Waals surface area contributed by atoms with E-state index in [9.17, 15) is 9.18 Å². The zero-order valence-electron chi connectivity index (χ0n) is 11.5. The molecule has 0 unspecified atom stereocenters. The van der Waals surface area contributed by atoms with Gasteiger partial charge < -0.3 is 5.32 Å². The Balaban J connectivity index is 1.58. The molecule has 3 aromatic rings. The number of halogens is 1. The number of hydrogen-bond donors (Lipinski definition) is 2. The Bertz CT molecular complexity index is 752. The van der Waals surface area contributed by atoms with Crippen LogP contribution in [0.4, 0.5) is 10.2 Å². The number of aromatic nitrogens is 3. The highest BCUT2D eigenvalue weighted by Gasteiger charge is 2.09.